The molecule has 0 radical (unpaired) electrons. The summed E-state index contributed by atoms with van der Waals surface area (Å²) >= 11 is 4.64. The molecule has 7 N–H and O–H groups in total. The van der Waals surface area contributed by atoms with Crippen molar-refractivity contribution in [3.8, 4) is 17.2 Å². The van der Waals surface area contributed by atoms with Gasteiger partial charge in [0.25, 0.3) is 0 Å². The fourth-order valence-corrected chi connectivity index (χ4v) is 0.950. The molecule has 0 atom stereocenters. The van der Waals surface area contributed by atoms with Crippen molar-refractivity contribution >= 4 is 23.5 Å². The van der Waals surface area contributed by atoms with Gasteiger partial charge in [0, 0.05) is 5.56 Å². The smallest absolute Gasteiger partial charge is 0.201 e. The molecule has 16 heavy (non-hydrogen) atoms. The lowest BCUT2D eigenvalue weighted by Crippen LogP contribution is -2.37. The van der Waals surface area contributed by atoms with Crippen LogP contribution >= 0.6 is 12.2 Å². The Morgan fingerprint density at radius 2 is 1.88 bits per heavy atom. The number of hydrazone groups is 1. The predicted octanol–water partition coefficient (Wildman–Crippen LogP) is -0.525. The topological polar surface area (TPSA) is 123 Å². The quantitative estimate of drug-likeness (QED) is 0.135. The molecule has 0 aliphatic heterocycles. The first-order chi connectivity index (χ1) is 7.54. The minimum atomic E-state index is -0.579. The minimum Gasteiger partial charge on any atom is -0.504 e. The summed E-state index contributed by atoms with van der Waals surface area (Å²) < 4.78 is 0. The van der Waals surface area contributed by atoms with Crippen LogP contribution in [0.15, 0.2) is 17.2 Å². The highest BCUT2D eigenvalue weighted by atomic mass is 32.1. The Labute approximate surface area is 96.2 Å². The third kappa shape index (κ3) is 2.97. The van der Waals surface area contributed by atoms with Crippen LogP contribution in [-0.2, 0) is 0 Å². The molecule has 0 fully saturated rings. The number of nitrogens with two attached hydrogens (primary N) is 1. The molecule has 0 aliphatic carbocycles. The van der Waals surface area contributed by atoms with E-state index in [1.807, 2.05) is 0 Å². The highest BCUT2D eigenvalue weighted by Crippen LogP contribution is 2.34. The van der Waals surface area contributed by atoms with Crippen molar-refractivity contribution in [2.45, 2.75) is 0 Å². The zero-order chi connectivity index (χ0) is 12.1. The summed E-state index contributed by atoms with van der Waals surface area (Å²) in [7, 11) is 0. The number of phenols is 3. The number of hydrazine groups is 1. The molecule has 0 saturated heterocycles. The van der Waals surface area contributed by atoms with Crippen LogP contribution in [0.4, 0.5) is 0 Å². The minimum absolute atomic E-state index is 0.114. The van der Waals surface area contributed by atoms with Crippen molar-refractivity contribution in [2.75, 3.05) is 0 Å². The average molecular weight is 242 g/mol. The number of thiocarbonyl (C=S) groups is 1. The molecule has 0 spiro atoms. The molecule has 0 aromatic heterocycles. The van der Waals surface area contributed by atoms with E-state index in [1.165, 1.54) is 18.3 Å². The number of hydrogen-bond acceptors (Lipinski definition) is 6. The molecule has 0 aliphatic rings. The first kappa shape index (κ1) is 12.0. The van der Waals surface area contributed by atoms with Crippen LogP contribution in [0.1, 0.15) is 5.56 Å². The standard InChI is InChI=1S/C8H10N4O3S/c9-11-8(16)12-10-3-4-1-5(13)7(15)6(14)2-4/h1-3,13-15H,9H2,(H2,11,12,16)/b10-3+. The van der Waals surface area contributed by atoms with Crippen LogP contribution in [-0.4, -0.2) is 26.6 Å². The molecule has 1 aromatic rings. The van der Waals surface area contributed by atoms with Crippen LogP contribution in [0.25, 0.3) is 0 Å². The Morgan fingerprint density at radius 1 is 1.31 bits per heavy atom. The maximum Gasteiger partial charge on any atom is 0.201 e. The molecular weight excluding hydrogens is 232 g/mol. The van der Waals surface area contributed by atoms with Gasteiger partial charge in [-0.25, -0.2) is 5.84 Å². The Kier molecular flexibility index (Phi) is 3.86. The number of rotatable bonds is 2. The summed E-state index contributed by atoms with van der Waals surface area (Å²) in [5, 5.41) is 31.2. The van der Waals surface area contributed by atoms with Gasteiger partial charge in [-0.3, -0.25) is 10.9 Å². The molecule has 0 amide bonds. The molecule has 1 aromatic carbocycles. The Balaban J connectivity index is 2.78. The van der Waals surface area contributed by atoms with Gasteiger partial charge in [0.15, 0.2) is 17.2 Å². The van der Waals surface area contributed by atoms with Gasteiger partial charge in [-0.1, -0.05) is 0 Å². The summed E-state index contributed by atoms with van der Waals surface area (Å²) in [5.74, 6) is 3.51. The van der Waals surface area contributed by atoms with Crippen molar-refractivity contribution in [3.05, 3.63) is 17.7 Å². The van der Waals surface area contributed by atoms with Gasteiger partial charge < -0.3 is 15.3 Å². The first-order valence-electron chi connectivity index (χ1n) is 4.09. The number of aromatic hydroxyl groups is 3. The molecule has 7 nitrogen and oxygen atoms in total. The molecule has 0 saturated carbocycles. The fourth-order valence-electron chi connectivity index (χ4n) is 0.898. The second-order valence-corrected chi connectivity index (χ2v) is 3.16. The SMILES string of the molecule is NNC(=S)N/N=C/c1cc(O)c(O)c(O)c1. The molecule has 86 valence electrons. The maximum atomic E-state index is 9.19. The molecule has 8 heteroatoms. The van der Waals surface area contributed by atoms with Crippen LogP contribution in [0, 0.1) is 0 Å². The van der Waals surface area contributed by atoms with E-state index in [9.17, 15) is 10.2 Å². The van der Waals surface area contributed by atoms with Crippen molar-refractivity contribution in [3.63, 3.8) is 0 Å². The predicted molar refractivity (Wildman–Crippen MR) is 62.1 cm³/mol. The number of hydrogen-bond donors (Lipinski definition) is 6. The normalized spacial score (nSPS) is 10.3. The van der Waals surface area contributed by atoms with E-state index in [-0.39, 0.29) is 5.11 Å². The second-order valence-electron chi connectivity index (χ2n) is 2.75. The molecular formula is C8H10N4O3S. The van der Waals surface area contributed by atoms with Crippen LogP contribution in [0.2, 0.25) is 0 Å². The van der Waals surface area contributed by atoms with Gasteiger partial charge in [0.2, 0.25) is 5.11 Å². The maximum absolute atomic E-state index is 9.19. The van der Waals surface area contributed by atoms with Crippen LogP contribution in [0.3, 0.4) is 0 Å². The number of phenolic OH excluding ortho intramolecular Hbond substituents is 3. The summed E-state index contributed by atoms with van der Waals surface area (Å²) in [4.78, 5) is 0. The number of nitrogens with one attached hydrogen (secondary N) is 2. The lowest BCUT2D eigenvalue weighted by atomic mass is 10.2. The van der Waals surface area contributed by atoms with Gasteiger partial charge in [-0.15, -0.1) is 0 Å². The number of benzene rings is 1. The largest absolute Gasteiger partial charge is 0.504 e. The monoisotopic (exact) mass is 242 g/mol. The van der Waals surface area contributed by atoms with E-state index in [0.717, 1.165) is 0 Å². The van der Waals surface area contributed by atoms with Gasteiger partial charge in [0.05, 0.1) is 6.21 Å². The zero-order valence-corrected chi connectivity index (χ0v) is 8.82. The van der Waals surface area contributed by atoms with Crippen molar-refractivity contribution in [1.29, 1.82) is 0 Å². The van der Waals surface area contributed by atoms with E-state index >= 15 is 0 Å². The molecule has 1 rings (SSSR count). The highest BCUT2D eigenvalue weighted by molar-refractivity contribution is 7.80. The summed E-state index contributed by atoms with van der Waals surface area (Å²) in [6.45, 7) is 0. The third-order valence-electron chi connectivity index (χ3n) is 1.60. The summed E-state index contributed by atoms with van der Waals surface area (Å²) in [5.41, 5.74) is 4.90. The third-order valence-corrected chi connectivity index (χ3v) is 1.81. The van der Waals surface area contributed by atoms with E-state index < -0.39 is 17.2 Å². The molecule has 0 heterocycles. The van der Waals surface area contributed by atoms with E-state index in [0.29, 0.717) is 5.56 Å². The molecule has 0 unspecified atom stereocenters. The average Bonchev–Trinajstić information content (AvgIpc) is 2.25. The van der Waals surface area contributed by atoms with Gasteiger partial charge in [-0.2, -0.15) is 5.10 Å². The summed E-state index contributed by atoms with van der Waals surface area (Å²) in [6, 6.07) is 2.44. The van der Waals surface area contributed by atoms with E-state index in [4.69, 9.17) is 10.9 Å². The second kappa shape index (κ2) is 5.14. The van der Waals surface area contributed by atoms with Gasteiger partial charge in [-0.05, 0) is 24.4 Å². The van der Waals surface area contributed by atoms with Crippen LogP contribution < -0.4 is 16.7 Å². The van der Waals surface area contributed by atoms with E-state index in [1.54, 1.807) is 0 Å². The van der Waals surface area contributed by atoms with Gasteiger partial charge in [0.1, 0.15) is 0 Å². The Hall–Kier alpha value is -2.06. The van der Waals surface area contributed by atoms with E-state index in [2.05, 4.69) is 28.2 Å². The fraction of sp³-hybridized carbons (Fsp3) is 0. The number of nitrogens with zero attached hydrogens (tertiary/aromatic N) is 1. The highest BCUT2D eigenvalue weighted by Gasteiger charge is 2.06. The van der Waals surface area contributed by atoms with Crippen molar-refractivity contribution in [2.24, 2.45) is 10.9 Å². The Bertz CT molecular complexity index is 412. The Morgan fingerprint density at radius 3 is 2.38 bits per heavy atom. The first-order valence-corrected chi connectivity index (χ1v) is 4.50. The molecule has 0 bridgehead atoms. The lowest BCUT2D eigenvalue weighted by molar-refractivity contribution is 0.368. The summed E-state index contributed by atoms with van der Waals surface area (Å²) in [6.07, 6.45) is 1.28. The van der Waals surface area contributed by atoms with Crippen LogP contribution in [0.5, 0.6) is 17.2 Å². The van der Waals surface area contributed by atoms with Crippen molar-refractivity contribution in [1.82, 2.24) is 10.9 Å². The zero-order valence-electron chi connectivity index (χ0n) is 8.01. The van der Waals surface area contributed by atoms with Gasteiger partial charge >= 0.3 is 0 Å². The lowest BCUT2D eigenvalue weighted by Gasteiger charge is -2.02. The van der Waals surface area contributed by atoms with Crippen molar-refractivity contribution < 1.29 is 15.3 Å².